The second-order valence-electron chi connectivity index (χ2n) is 4.10. The molecule has 6 nitrogen and oxygen atoms in total. The number of furan rings is 1. The normalized spacial score (nSPS) is 11.2. The number of nitrogens with one attached hydrogen (secondary N) is 1. The third-order valence-electron chi connectivity index (χ3n) is 2.63. The number of aromatic amines is 1. The number of aromatic nitrogens is 4. The highest BCUT2D eigenvalue weighted by molar-refractivity contribution is 7.71. The summed E-state index contributed by atoms with van der Waals surface area (Å²) in [5.74, 6) is 2.08. The van der Waals surface area contributed by atoms with Crippen molar-refractivity contribution in [3.05, 3.63) is 53.0 Å². The van der Waals surface area contributed by atoms with Gasteiger partial charge in [-0.25, -0.2) is 5.10 Å². The molecule has 3 rings (SSSR count). The smallest absolute Gasteiger partial charge is 0.216 e. The molecule has 3 heterocycles. The van der Waals surface area contributed by atoms with Crippen LogP contribution in [0.15, 0.2) is 46.2 Å². The van der Waals surface area contributed by atoms with Crippen molar-refractivity contribution in [2.45, 2.75) is 6.92 Å². The Hall–Kier alpha value is -2.54. The largest absolute Gasteiger partial charge is 0.460 e. The van der Waals surface area contributed by atoms with Gasteiger partial charge in [0.05, 0.1) is 6.21 Å². The van der Waals surface area contributed by atoms with Crippen LogP contribution in [0.3, 0.4) is 0 Å². The van der Waals surface area contributed by atoms with E-state index >= 15 is 0 Å². The second kappa shape index (κ2) is 5.22. The molecule has 0 radical (unpaired) electrons. The van der Waals surface area contributed by atoms with Gasteiger partial charge in [-0.1, -0.05) is 0 Å². The maximum absolute atomic E-state index is 5.43. The van der Waals surface area contributed by atoms with Gasteiger partial charge in [0, 0.05) is 18.0 Å². The number of nitrogens with zero attached hydrogens (tertiary/aromatic N) is 4. The highest BCUT2D eigenvalue weighted by Gasteiger charge is 2.07. The lowest BCUT2D eigenvalue weighted by Crippen LogP contribution is -1.94. The third-order valence-corrected chi connectivity index (χ3v) is 2.90. The van der Waals surface area contributed by atoms with Gasteiger partial charge in [-0.3, -0.25) is 4.98 Å². The number of H-pyrrole nitrogens is 1. The van der Waals surface area contributed by atoms with Crippen LogP contribution < -0.4 is 0 Å². The maximum Gasteiger partial charge on any atom is 0.216 e. The lowest BCUT2D eigenvalue weighted by Gasteiger charge is -1.99. The Labute approximate surface area is 119 Å². The van der Waals surface area contributed by atoms with Gasteiger partial charge in [0.15, 0.2) is 5.82 Å². The van der Waals surface area contributed by atoms with Crippen molar-refractivity contribution >= 4 is 18.4 Å². The molecule has 0 aliphatic rings. The standard InChI is InChI=1S/C13H11N5OS/c1-9-4-5-11(19-9)8-15-18-12(16-17-13(18)20)10-3-2-6-14-7-10/h2-8H,1H3,(H,17,20). The van der Waals surface area contributed by atoms with E-state index in [0.29, 0.717) is 16.4 Å². The van der Waals surface area contributed by atoms with E-state index in [0.717, 1.165) is 11.3 Å². The number of aryl methyl sites for hydroxylation is 1. The first-order valence-electron chi connectivity index (χ1n) is 5.92. The summed E-state index contributed by atoms with van der Waals surface area (Å²) in [4.78, 5) is 4.06. The fraction of sp³-hybridized carbons (Fsp3) is 0.0769. The molecule has 7 heteroatoms. The zero-order valence-corrected chi connectivity index (χ0v) is 11.5. The van der Waals surface area contributed by atoms with Gasteiger partial charge in [0.2, 0.25) is 4.77 Å². The van der Waals surface area contributed by atoms with Gasteiger partial charge in [-0.15, -0.1) is 0 Å². The molecule has 1 N–H and O–H groups in total. The summed E-state index contributed by atoms with van der Waals surface area (Å²) in [5.41, 5.74) is 0.827. The Balaban J connectivity index is 2.00. The monoisotopic (exact) mass is 285 g/mol. The lowest BCUT2D eigenvalue weighted by molar-refractivity contribution is 0.527. The molecule has 3 aromatic rings. The van der Waals surface area contributed by atoms with Crippen LogP contribution in [0.25, 0.3) is 11.4 Å². The zero-order valence-electron chi connectivity index (χ0n) is 10.6. The Kier molecular flexibility index (Phi) is 3.26. The summed E-state index contributed by atoms with van der Waals surface area (Å²) in [5, 5.41) is 11.2. The molecule has 0 atom stereocenters. The van der Waals surface area contributed by atoms with Crippen LogP contribution in [0, 0.1) is 11.7 Å². The summed E-state index contributed by atoms with van der Waals surface area (Å²) in [6.07, 6.45) is 5.00. The number of rotatable bonds is 3. The van der Waals surface area contributed by atoms with Crippen molar-refractivity contribution in [2.75, 3.05) is 0 Å². The maximum atomic E-state index is 5.43. The number of pyridine rings is 1. The highest BCUT2D eigenvalue weighted by atomic mass is 32.1. The fourth-order valence-electron chi connectivity index (χ4n) is 1.72. The second-order valence-corrected chi connectivity index (χ2v) is 4.49. The van der Waals surface area contributed by atoms with Crippen LogP contribution >= 0.6 is 12.2 Å². The zero-order chi connectivity index (χ0) is 13.9. The van der Waals surface area contributed by atoms with Crippen LogP contribution in [0.2, 0.25) is 0 Å². The molecule has 0 spiro atoms. The quantitative estimate of drug-likeness (QED) is 0.593. The molecule has 0 bridgehead atoms. The molecule has 0 amide bonds. The molecular formula is C13H11N5OS. The van der Waals surface area contributed by atoms with E-state index in [9.17, 15) is 0 Å². The van der Waals surface area contributed by atoms with Gasteiger partial charge in [0.1, 0.15) is 11.5 Å². The molecule has 20 heavy (non-hydrogen) atoms. The molecular weight excluding hydrogens is 274 g/mol. The predicted molar refractivity (Wildman–Crippen MR) is 77.1 cm³/mol. The Morgan fingerprint density at radius 3 is 3.00 bits per heavy atom. The van der Waals surface area contributed by atoms with Crippen molar-refractivity contribution in [3.8, 4) is 11.4 Å². The molecule has 0 saturated carbocycles. The molecule has 0 aliphatic carbocycles. The van der Waals surface area contributed by atoms with Crippen LogP contribution in [0.5, 0.6) is 0 Å². The van der Waals surface area contributed by atoms with Crippen molar-refractivity contribution in [1.29, 1.82) is 0 Å². The highest BCUT2D eigenvalue weighted by Crippen LogP contribution is 2.15. The summed E-state index contributed by atoms with van der Waals surface area (Å²) >= 11 is 5.17. The summed E-state index contributed by atoms with van der Waals surface area (Å²) in [6, 6.07) is 7.43. The lowest BCUT2D eigenvalue weighted by atomic mass is 10.3. The minimum absolute atomic E-state index is 0.406. The molecule has 100 valence electrons. The van der Waals surface area contributed by atoms with Crippen molar-refractivity contribution in [3.63, 3.8) is 0 Å². The number of hydrogen-bond acceptors (Lipinski definition) is 5. The minimum atomic E-state index is 0.406. The van der Waals surface area contributed by atoms with Gasteiger partial charge in [0.25, 0.3) is 0 Å². The van der Waals surface area contributed by atoms with E-state index < -0.39 is 0 Å². The SMILES string of the molecule is Cc1ccc(C=Nn2c(-c3cccnc3)n[nH]c2=S)o1. The number of hydrogen-bond donors (Lipinski definition) is 1. The topological polar surface area (TPSA) is 72.0 Å². The van der Waals surface area contributed by atoms with E-state index in [1.807, 2.05) is 31.2 Å². The van der Waals surface area contributed by atoms with Crippen LogP contribution in [-0.2, 0) is 0 Å². The van der Waals surface area contributed by atoms with Crippen LogP contribution in [-0.4, -0.2) is 26.1 Å². The summed E-state index contributed by atoms with van der Waals surface area (Å²) < 4.78 is 7.37. The average molecular weight is 285 g/mol. The van der Waals surface area contributed by atoms with Crippen molar-refractivity contribution in [2.24, 2.45) is 5.10 Å². The first-order chi connectivity index (χ1) is 9.74. The Bertz CT molecular complexity index is 800. The fourth-order valence-corrected chi connectivity index (χ4v) is 1.90. The van der Waals surface area contributed by atoms with Crippen molar-refractivity contribution in [1.82, 2.24) is 19.9 Å². The van der Waals surface area contributed by atoms with Gasteiger partial charge < -0.3 is 4.42 Å². The Morgan fingerprint density at radius 1 is 1.40 bits per heavy atom. The summed E-state index contributed by atoms with van der Waals surface area (Å²) in [7, 11) is 0. The van der Waals surface area contributed by atoms with Gasteiger partial charge in [-0.2, -0.15) is 14.9 Å². The van der Waals surface area contributed by atoms with Crippen LogP contribution in [0.4, 0.5) is 0 Å². The van der Waals surface area contributed by atoms with Crippen LogP contribution in [0.1, 0.15) is 11.5 Å². The third kappa shape index (κ3) is 2.43. The van der Waals surface area contributed by atoms with E-state index in [2.05, 4.69) is 20.3 Å². The first-order valence-corrected chi connectivity index (χ1v) is 6.33. The predicted octanol–water partition coefficient (Wildman–Crippen LogP) is 2.79. The first kappa shape index (κ1) is 12.5. The van der Waals surface area contributed by atoms with E-state index in [-0.39, 0.29) is 0 Å². The van der Waals surface area contributed by atoms with E-state index in [1.165, 1.54) is 4.68 Å². The molecule has 0 aromatic carbocycles. The van der Waals surface area contributed by atoms with E-state index in [1.54, 1.807) is 18.6 Å². The Morgan fingerprint density at radius 2 is 2.30 bits per heavy atom. The minimum Gasteiger partial charge on any atom is -0.460 e. The molecule has 0 unspecified atom stereocenters. The average Bonchev–Trinajstić information content (AvgIpc) is 3.04. The summed E-state index contributed by atoms with van der Waals surface area (Å²) in [6.45, 7) is 1.88. The van der Waals surface area contributed by atoms with Gasteiger partial charge >= 0.3 is 0 Å². The molecule has 3 aromatic heterocycles. The molecule has 0 aliphatic heterocycles. The van der Waals surface area contributed by atoms with Gasteiger partial charge in [-0.05, 0) is 43.4 Å². The molecule has 0 fully saturated rings. The van der Waals surface area contributed by atoms with E-state index in [4.69, 9.17) is 16.6 Å². The molecule has 0 saturated heterocycles. The van der Waals surface area contributed by atoms with Crippen molar-refractivity contribution < 1.29 is 4.42 Å².